The molecule has 1 fully saturated rings. The maximum absolute atomic E-state index is 13.2. The summed E-state index contributed by atoms with van der Waals surface area (Å²) >= 11 is 0. The minimum absolute atomic E-state index is 0.0240. The van der Waals surface area contributed by atoms with Crippen molar-refractivity contribution in [2.75, 3.05) is 30.5 Å². The largest absolute Gasteiger partial charge is 0.356 e. The molecule has 0 saturated carbocycles. The van der Waals surface area contributed by atoms with Gasteiger partial charge in [0.25, 0.3) is 0 Å². The first kappa shape index (κ1) is 21.8. The lowest BCUT2D eigenvalue weighted by Crippen LogP contribution is -2.50. The molecule has 1 aromatic carbocycles. The van der Waals surface area contributed by atoms with Crippen LogP contribution >= 0.6 is 0 Å². The van der Waals surface area contributed by atoms with Crippen LogP contribution in [0.1, 0.15) is 51.9 Å². The lowest BCUT2D eigenvalue weighted by Gasteiger charge is -2.35. The Bertz CT molecular complexity index is 808. The second-order valence-electron chi connectivity index (χ2n) is 7.85. The summed E-state index contributed by atoms with van der Waals surface area (Å²) in [4.78, 5) is 12.7. The van der Waals surface area contributed by atoms with Gasteiger partial charge < -0.3 is 5.32 Å². The van der Waals surface area contributed by atoms with Crippen molar-refractivity contribution in [1.82, 2.24) is 9.62 Å². The molecule has 0 spiro atoms. The third-order valence-corrected chi connectivity index (χ3v) is 7.83. The fourth-order valence-corrected chi connectivity index (χ4v) is 5.92. The van der Waals surface area contributed by atoms with Crippen LogP contribution in [0.15, 0.2) is 42.0 Å². The molecule has 1 aromatic rings. The Morgan fingerprint density at radius 1 is 1.21 bits per heavy atom. The Balaban J connectivity index is 1.58. The number of allylic oxidation sites excluding steroid dienone is 1. The van der Waals surface area contributed by atoms with Crippen LogP contribution in [0.25, 0.3) is 0 Å². The minimum Gasteiger partial charge on any atom is -0.356 e. The molecule has 6 nitrogen and oxygen atoms in total. The van der Waals surface area contributed by atoms with Crippen molar-refractivity contribution in [3.8, 4) is 0 Å². The summed E-state index contributed by atoms with van der Waals surface area (Å²) in [6.07, 6.45) is 9.43. The number of hydrogen-bond acceptors (Lipinski definition) is 3. The summed E-state index contributed by atoms with van der Waals surface area (Å²) in [6, 6.07) is 9.14. The van der Waals surface area contributed by atoms with Crippen molar-refractivity contribution in [1.29, 1.82) is 0 Å². The van der Waals surface area contributed by atoms with E-state index in [1.807, 2.05) is 25.1 Å². The van der Waals surface area contributed by atoms with E-state index in [4.69, 9.17) is 0 Å². The van der Waals surface area contributed by atoms with Gasteiger partial charge in [0, 0.05) is 26.2 Å². The zero-order valence-electron chi connectivity index (χ0n) is 17.3. The number of nitrogens with zero attached hydrogens (tertiary/aromatic N) is 2. The van der Waals surface area contributed by atoms with Crippen LogP contribution in [0.5, 0.6) is 0 Å². The molecule has 0 aromatic heterocycles. The molecule has 1 unspecified atom stereocenters. The maximum atomic E-state index is 13.2. The van der Waals surface area contributed by atoms with E-state index in [1.165, 1.54) is 27.0 Å². The van der Waals surface area contributed by atoms with E-state index in [0.29, 0.717) is 31.7 Å². The van der Waals surface area contributed by atoms with Gasteiger partial charge in [-0.15, -0.1) is 0 Å². The van der Waals surface area contributed by atoms with Gasteiger partial charge >= 0.3 is 10.2 Å². The zero-order chi connectivity index (χ0) is 20.7. The molecule has 160 valence electrons. The standard InChI is InChI=1S/C22H33N3O3S/c1-2-25(21-13-7-4-8-14-21)29(27,28)24-17-9-12-20(18-24)22(26)23-16-15-19-10-5-3-6-11-19/h4,7-8,10,13-14,20H,2-3,5-6,9,11-12,15-18H2,1H3,(H,23,26). The van der Waals surface area contributed by atoms with Gasteiger partial charge in [-0.1, -0.05) is 29.8 Å². The topological polar surface area (TPSA) is 69.7 Å². The van der Waals surface area contributed by atoms with E-state index in [9.17, 15) is 13.2 Å². The Kier molecular flexibility index (Phi) is 7.72. The molecule has 0 radical (unpaired) electrons. The van der Waals surface area contributed by atoms with Crippen LogP contribution in [0.4, 0.5) is 5.69 Å². The van der Waals surface area contributed by atoms with Gasteiger partial charge in [-0.3, -0.25) is 9.10 Å². The Morgan fingerprint density at radius 3 is 2.69 bits per heavy atom. The van der Waals surface area contributed by atoms with E-state index in [0.717, 1.165) is 25.7 Å². The highest BCUT2D eigenvalue weighted by atomic mass is 32.2. The van der Waals surface area contributed by atoms with E-state index in [1.54, 1.807) is 12.1 Å². The van der Waals surface area contributed by atoms with Crippen LogP contribution < -0.4 is 9.62 Å². The summed E-state index contributed by atoms with van der Waals surface area (Å²) in [6.45, 7) is 3.54. The lowest BCUT2D eigenvalue weighted by atomic mass is 9.96. The first-order chi connectivity index (χ1) is 14.0. The second-order valence-corrected chi connectivity index (χ2v) is 9.71. The molecule has 1 atom stereocenters. The SMILES string of the molecule is CCN(c1ccccc1)S(=O)(=O)N1CCCC(C(=O)NCCC2=CCCCC2)C1. The number of carbonyl (C=O) groups excluding carboxylic acids is 1. The van der Waals surface area contributed by atoms with Gasteiger partial charge in [0.1, 0.15) is 0 Å². The number of benzene rings is 1. The Labute approximate surface area is 175 Å². The average molecular weight is 420 g/mol. The third kappa shape index (κ3) is 5.60. The van der Waals surface area contributed by atoms with Gasteiger partial charge in [-0.05, 0) is 64.0 Å². The first-order valence-electron chi connectivity index (χ1n) is 10.8. The highest BCUT2D eigenvalue weighted by Crippen LogP contribution is 2.25. The van der Waals surface area contributed by atoms with E-state index >= 15 is 0 Å². The fourth-order valence-electron chi connectivity index (χ4n) is 4.20. The molecule has 1 aliphatic carbocycles. The van der Waals surface area contributed by atoms with Gasteiger partial charge in [0.05, 0.1) is 11.6 Å². The van der Waals surface area contributed by atoms with Crippen molar-refractivity contribution in [3.63, 3.8) is 0 Å². The molecule has 1 aliphatic heterocycles. The van der Waals surface area contributed by atoms with Gasteiger partial charge in [-0.25, -0.2) is 0 Å². The number of amides is 1. The number of anilines is 1. The van der Waals surface area contributed by atoms with Crippen molar-refractivity contribution < 1.29 is 13.2 Å². The number of piperidine rings is 1. The predicted octanol–water partition coefficient (Wildman–Crippen LogP) is 3.48. The molecule has 2 aliphatic rings. The summed E-state index contributed by atoms with van der Waals surface area (Å²) in [5.74, 6) is -0.308. The summed E-state index contributed by atoms with van der Waals surface area (Å²) in [7, 11) is -3.65. The third-order valence-electron chi connectivity index (χ3n) is 5.82. The van der Waals surface area contributed by atoms with E-state index < -0.39 is 10.2 Å². The molecule has 1 amide bonds. The second kappa shape index (κ2) is 10.3. The number of nitrogens with one attached hydrogen (secondary N) is 1. The van der Waals surface area contributed by atoms with Crippen LogP contribution in [0.3, 0.4) is 0 Å². The molecule has 7 heteroatoms. The fraction of sp³-hybridized carbons (Fsp3) is 0.591. The molecule has 29 heavy (non-hydrogen) atoms. The molecule has 1 N–H and O–H groups in total. The van der Waals surface area contributed by atoms with Gasteiger partial charge in [0.15, 0.2) is 0 Å². The molecular formula is C22H33N3O3S. The normalized spacial score (nSPS) is 20.7. The summed E-state index contributed by atoms with van der Waals surface area (Å²) < 4.78 is 29.3. The number of rotatable bonds is 8. The average Bonchev–Trinajstić information content (AvgIpc) is 2.75. The molecule has 3 rings (SSSR count). The van der Waals surface area contributed by atoms with Crippen molar-refractivity contribution in [3.05, 3.63) is 42.0 Å². The lowest BCUT2D eigenvalue weighted by molar-refractivity contribution is -0.126. The van der Waals surface area contributed by atoms with Crippen molar-refractivity contribution in [2.24, 2.45) is 5.92 Å². The predicted molar refractivity (Wildman–Crippen MR) is 117 cm³/mol. The number of hydrogen-bond donors (Lipinski definition) is 1. The van der Waals surface area contributed by atoms with Crippen LogP contribution in [0.2, 0.25) is 0 Å². The smallest absolute Gasteiger partial charge is 0.304 e. The summed E-state index contributed by atoms with van der Waals surface area (Å²) in [5, 5.41) is 3.03. The monoisotopic (exact) mass is 419 g/mol. The molecule has 1 heterocycles. The van der Waals surface area contributed by atoms with Crippen molar-refractivity contribution in [2.45, 2.75) is 51.9 Å². The van der Waals surface area contributed by atoms with Crippen LogP contribution in [-0.2, 0) is 15.0 Å². The number of carbonyl (C=O) groups is 1. The van der Waals surface area contributed by atoms with Gasteiger partial charge in [-0.2, -0.15) is 12.7 Å². The first-order valence-corrected chi connectivity index (χ1v) is 12.2. The van der Waals surface area contributed by atoms with Crippen molar-refractivity contribution >= 4 is 21.8 Å². The van der Waals surface area contributed by atoms with Gasteiger partial charge in [0.2, 0.25) is 5.91 Å². The molecular weight excluding hydrogens is 386 g/mol. The quantitative estimate of drug-likeness (QED) is 0.656. The van der Waals surface area contributed by atoms with Crippen LogP contribution in [-0.4, -0.2) is 44.8 Å². The van der Waals surface area contributed by atoms with E-state index in [2.05, 4.69) is 11.4 Å². The van der Waals surface area contributed by atoms with Crippen LogP contribution in [0, 0.1) is 5.92 Å². The number of para-hydroxylation sites is 1. The summed E-state index contributed by atoms with van der Waals surface area (Å²) in [5.41, 5.74) is 2.09. The highest BCUT2D eigenvalue weighted by Gasteiger charge is 2.35. The van der Waals surface area contributed by atoms with E-state index in [-0.39, 0.29) is 18.4 Å². The molecule has 0 bridgehead atoms. The zero-order valence-corrected chi connectivity index (χ0v) is 18.2. The Morgan fingerprint density at radius 2 is 2.00 bits per heavy atom. The highest BCUT2D eigenvalue weighted by molar-refractivity contribution is 7.90. The molecule has 1 saturated heterocycles. The maximum Gasteiger partial charge on any atom is 0.304 e. The Hall–Kier alpha value is -1.86. The minimum atomic E-state index is -3.65.